The number of ether oxygens (including phenoxy) is 1. The minimum atomic E-state index is -4.95. The molecule has 3 atom stereocenters. The van der Waals surface area contributed by atoms with Crippen LogP contribution in [-0.4, -0.2) is 55.4 Å². The lowest BCUT2D eigenvalue weighted by Gasteiger charge is -2.32. The predicted molar refractivity (Wildman–Crippen MR) is 102 cm³/mol. The van der Waals surface area contributed by atoms with Gasteiger partial charge >= 0.3 is 16.5 Å². The van der Waals surface area contributed by atoms with Crippen molar-refractivity contribution in [3.8, 4) is 0 Å². The number of nitrogens with one attached hydrogen (secondary N) is 1. The summed E-state index contributed by atoms with van der Waals surface area (Å²) in [5, 5.41) is 9.46. The Kier molecular flexibility index (Phi) is 6.75. The largest absolute Gasteiger partial charge is 0.465 e. The van der Waals surface area contributed by atoms with Gasteiger partial charge in [-0.25, -0.2) is 9.18 Å². The number of carbonyl (C=O) groups is 1. The molecule has 1 aromatic rings. The molecule has 0 bridgehead atoms. The first-order chi connectivity index (χ1) is 13.6. The second kappa shape index (κ2) is 8.93. The van der Waals surface area contributed by atoms with E-state index in [4.69, 9.17) is 4.74 Å². The van der Waals surface area contributed by atoms with Crippen LogP contribution in [0.4, 0.5) is 13.1 Å². The molecule has 0 aromatic heterocycles. The second-order valence-electron chi connectivity index (χ2n) is 7.87. The molecule has 1 saturated heterocycles. The Morgan fingerprint density at radius 3 is 2.59 bits per heavy atom. The normalized spacial score (nSPS) is 30.4. The zero-order valence-electron chi connectivity index (χ0n) is 16.1. The van der Waals surface area contributed by atoms with Crippen molar-refractivity contribution in [2.45, 2.75) is 69.2 Å². The van der Waals surface area contributed by atoms with Crippen LogP contribution in [0.1, 0.15) is 50.5 Å². The van der Waals surface area contributed by atoms with E-state index >= 15 is 0 Å². The number of likely N-dealkylation sites (tertiary alicyclic amines) is 1. The Bertz CT molecular complexity index is 830. The Hall–Kier alpha value is -1.78. The molecule has 0 radical (unpaired) electrons. The van der Waals surface area contributed by atoms with Crippen LogP contribution in [0, 0.1) is 5.82 Å². The summed E-state index contributed by atoms with van der Waals surface area (Å²) in [4.78, 5) is 12.7. The van der Waals surface area contributed by atoms with E-state index in [9.17, 15) is 26.6 Å². The first-order valence-corrected chi connectivity index (χ1v) is 11.1. The van der Waals surface area contributed by atoms with E-state index in [1.165, 1.54) is 6.07 Å². The second-order valence-corrected chi connectivity index (χ2v) is 8.98. The third-order valence-electron chi connectivity index (χ3n) is 5.90. The van der Waals surface area contributed by atoms with Crippen molar-refractivity contribution in [1.82, 2.24) is 9.62 Å². The van der Waals surface area contributed by atoms with Gasteiger partial charge in [0, 0.05) is 12.1 Å². The van der Waals surface area contributed by atoms with E-state index in [1.54, 1.807) is 19.1 Å². The summed E-state index contributed by atoms with van der Waals surface area (Å²) in [6, 6.07) is 4.44. The Morgan fingerprint density at radius 2 is 2.00 bits per heavy atom. The molecule has 7 nitrogen and oxygen atoms in total. The van der Waals surface area contributed by atoms with Crippen molar-refractivity contribution in [1.29, 1.82) is 0 Å². The highest BCUT2D eigenvalue weighted by atomic mass is 32.3. The third kappa shape index (κ3) is 5.64. The van der Waals surface area contributed by atoms with Crippen molar-refractivity contribution >= 4 is 16.5 Å². The molecule has 1 aliphatic carbocycles. The molecule has 1 aromatic carbocycles. The quantitative estimate of drug-likeness (QED) is 0.673. The van der Waals surface area contributed by atoms with Crippen LogP contribution in [0.25, 0.3) is 0 Å². The van der Waals surface area contributed by atoms with Crippen LogP contribution < -0.4 is 4.72 Å². The molecule has 1 amide bonds. The summed E-state index contributed by atoms with van der Waals surface area (Å²) in [5.41, 5.74) is 0.961. The molecule has 3 rings (SSSR count). The molecule has 162 valence electrons. The van der Waals surface area contributed by atoms with Gasteiger partial charge in [-0.1, -0.05) is 16.0 Å². The van der Waals surface area contributed by atoms with Crippen molar-refractivity contribution in [3.63, 3.8) is 0 Å². The predicted octanol–water partition coefficient (Wildman–Crippen LogP) is 3.18. The van der Waals surface area contributed by atoms with Gasteiger partial charge in [0.05, 0.1) is 18.8 Å². The number of hydrogen-bond acceptors (Lipinski definition) is 4. The number of amides is 1. The average molecular weight is 432 g/mol. The molecule has 1 heterocycles. The summed E-state index contributed by atoms with van der Waals surface area (Å²) in [6.45, 7) is 1.64. The van der Waals surface area contributed by atoms with Crippen molar-refractivity contribution in [2.75, 3.05) is 6.61 Å². The van der Waals surface area contributed by atoms with Gasteiger partial charge < -0.3 is 9.84 Å². The fourth-order valence-electron chi connectivity index (χ4n) is 4.55. The number of halogens is 2. The van der Waals surface area contributed by atoms with E-state index in [0.29, 0.717) is 0 Å². The highest BCUT2D eigenvalue weighted by Crippen LogP contribution is 2.35. The molecule has 2 aliphatic rings. The number of hydrogen-bond donors (Lipinski definition) is 2. The highest BCUT2D eigenvalue weighted by molar-refractivity contribution is 7.84. The Labute approximate surface area is 169 Å². The van der Waals surface area contributed by atoms with Gasteiger partial charge in [-0.2, -0.15) is 13.1 Å². The molecule has 0 spiro atoms. The molecule has 1 saturated carbocycles. The van der Waals surface area contributed by atoms with Gasteiger partial charge in [0.25, 0.3) is 0 Å². The smallest absolute Gasteiger partial charge is 0.407 e. The van der Waals surface area contributed by atoms with E-state index < -0.39 is 34.6 Å². The van der Waals surface area contributed by atoms with Crippen LogP contribution in [0.5, 0.6) is 0 Å². The molecule has 29 heavy (non-hydrogen) atoms. The first-order valence-electron chi connectivity index (χ1n) is 9.74. The van der Waals surface area contributed by atoms with Gasteiger partial charge in [0.1, 0.15) is 5.82 Å². The van der Waals surface area contributed by atoms with E-state index in [2.05, 4.69) is 0 Å². The van der Waals surface area contributed by atoms with E-state index in [1.807, 2.05) is 10.8 Å². The standard InChI is InChI=1S/C19H26F2N2O5S/c1-12-9-17(22-29(21,26)27)18(23(12)19(24)25)11-28-16-7-5-13(6-8-16)14-3-2-4-15(20)10-14/h2-4,10,12-13,16-18,22H,5-9,11H2,1H3,(H,24,25)/t12-,13?,16?,17+,18+/m1/s1. The number of rotatable bonds is 6. The van der Waals surface area contributed by atoms with Gasteiger partial charge in [0.2, 0.25) is 0 Å². The fraction of sp³-hybridized carbons (Fsp3) is 0.632. The molecular formula is C19H26F2N2O5S. The van der Waals surface area contributed by atoms with Crippen LogP contribution >= 0.6 is 0 Å². The number of benzene rings is 1. The summed E-state index contributed by atoms with van der Waals surface area (Å²) in [5.74, 6) is -0.00925. The minimum Gasteiger partial charge on any atom is -0.465 e. The summed E-state index contributed by atoms with van der Waals surface area (Å²) < 4.78 is 56.4. The van der Waals surface area contributed by atoms with Crippen LogP contribution in [0.15, 0.2) is 24.3 Å². The fourth-order valence-corrected chi connectivity index (χ4v) is 5.17. The van der Waals surface area contributed by atoms with E-state index in [-0.39, 0.29) is 30.9 Å². The zero-order valence-corrected chi connectivity index (χ0v) is 16.9. The lowest BCUT2D eigenvalue weighted by molar-refractivity contribution is -0.00708. The molecule has 10 heteroatoms. The van der Waals surface area contributed by atoms with E-state index in [0.717, 1.165) is 36.1 Å². The highest BCUT2D eigenvalue weighted by Gasteiger charge is 2.44. The molecular weight excluding hydrogens is 406 g/mol. The van der Waals surface area contributed by atoms with Gasteiger partial charge in [-0.3, -0.25) is 4.90 Å². The topological polar surface area (TPSA) is 95.9 Å². The lowest BCUT2D eigenvalue weighted by Crippen LogP contribution is -2.49. The lowest BCUT2D eigenvalue weighted by atomic mass is 9.82. The van der Waals surface area contributed by atoms with Crippen molar-refractivity contribution in [2.24, 2.45) is 0 Å². The summed E-state index contributed by atoms with van der Waals surface area (Å²) >= 11 is 0. The summed E-state index contributed by atoms with van der Waals surface area (Å²) in [7, 11) is -4.95. The maximum absolute atomic E-state index is 13.4. The Morgan fingerprint density at radius 1 is 1.31 bits per heavy atom. The maximum atomic E-state index is 13.4. The zero-order chi connectivity index (χ0) is 21.2. The third-order valence-corrected chi connectivity index (χ3v) is 6.49. The van der Waals surface area contributed by atoms with Gasteiger partial charge in [-0.15, -0.1) is 0 Å². The average Bonchev–Trinajstić information content (AvgIpc) is 2.93. The van der Waals surface area contributed by atoms with Crippen LogP contribution in [0.2, 0.25) is 0 Å². The van der Waals surface area contributed by atoms with Crippen LogP contribution in [-0.2, 0) is 15.1 Å². The van der Waals surface area contributed by atoms with Gasteiger partial charge in [0.15, 0.2) is 0 Å². The van der Waals surface area contributed by atoms with Crippen molar-refractivity contribution in [3.05, 3.63) is 35.6 Å². The molecule has 2 N–H and O–H groups in total. The molecule has 1 aliphatic heterocycles. The van der Waals surface area contributed by atoms with Crippen LogP contribution in [0.3, 0.4) is 0 Å². The summed E-state index contributed by atoms with van der Waals surface area (Å²) in [6.07, 6.45) is 1.98. The SMILES string of the molecule is C[C@@H]1C[C@H](NS(=O)(=O)F)[C@H](COC2CCC(c3cccc(F)c3)CC2)N1C(=O)O. The molecule has 0 unspecified atom stereocenters. The first kappa shape index (κ1) is 21.9. The van der Waals surface area contributed by atoms with Crippen molar-refractivity contribution < 1.29 is 31.3 Å². The maximum Gasteiger partial charge on any atom is 0.407 e. The molecule has 2 fully saturated rings. The monoisotopic (exact) mass is 432 g/mol. The Balaban J connectivity index is 1.58. The number of carboxylic acid groups (broad SMARTS) is 1. The minimum absolute atomic E-state index is 0.0148. The number of nitrogens with zero attached hydrogens (tertiary/aromatic N) is 1. The van der Waals surface area contributed by atoms with Gasteiger partial charge in [-0.05, 0) is 62.6 Å².